The SMILES string of the molecule is NC(=O)C(=O)C(Cc1ccoc1)NC(=O)c1ocnc1-c1ccccn1. The van der Waals surface area contributed by atoms with E-state index in [1.165, 1.54) is 12.5 Å². The molecule has 3 heterocycles. The van der Waals surface area contributed by atoms with Gasteiger partial charge in [0.15, 0.2) is 6.39 Å². The normalized spacial score (nSPS) is 11.7. The summed E-state index contributed by atoms with van der Waals surface area (Å²) in [5.74, 6) is -2.93. The van der Waals surface area contributed by atoms with Crippen LogP contribution >= 0.6 is 0 Å². The zero-order chi connectivity index (χ0) is 18.5. The molecule has 3 N–H and O–H groups in total. The van der Waals surface area contributed by atoms with E-state index < -0.39 is 23.6 Å². The van der Waals surface area contributed by atoms with E-state index in [0.717, 1.165) is 6.39 Å². The molecule has 1 atom stereocenters. The Balaban J connectivity index is 1.83. The zero-order valence-corrected chi connectivity index (χ0v) is 13.4. The molecule has 0 saturated carbocycles. The quantitative estimate of drug-likeness (QED) is 0.595. The zero-order valence-electron chi connectivity index (χ0n) is 13.4. The van der Waals surface area contributed by atoms with Crippen LogP contribution in [-0.4, -0.2) is 33.6 Å². The summed E-state index contributed by atoms with van der Waals surface area (Å²) in [5.41, 5.74) is 6.34. The van der Waals surface area contributed by atoms with Crippen LogP contribution in [0.5, 0.6) is 0 Å². The van der Waals surface area contributed by atoms with Gasteiger partial charge in [0.25, 0.3) is 11.8 Å². The van der Waals surface area contributed by atoms with Gasteiger partial charge in [-0.1, -0.05) is 6.07 Å². The third kappa shape index (κ3) is 3.66. The molecule has 0 radical (unpaired) electrons. The summed E-state index contributed by atoms with van der Waals surface area (Å²) in [4.78, 5) is 44.0. The number of ketones is 1. The van der Waals surface area contributed by atoms with Crippen molar-refractivity contribution < 1.29 is 23.2 Å². The molecular formula is C17H14N4O5. The number of nitrogens with zero attached hydrogens (tertiary/aromatic N) is 2. The van der Waals surface area contributed by atoms with Gasteiger partial charge in [-0.15, -0.1) is 0 Å². The predicted octanol–water partition coefficient (Wildman–Crippen LogP) is 0.725. The Morgan fingerprint density at radius 3 is 2.69 bits per heavy atom. The maximum absolute atomic E-state index is 12.6. The van der Waals surface area contributed by atoms with Crippen molar-refractivity contribution in [2.24, 2.45) is 5.73 Å². The molecular weight excluding hydrogens is 340 g/mol. The van der Waals surface area contributed by atoms with E-state index in [-0.39, 0.29) is 17.9 Å². The molecule has 3 rings (SSSR count). The van der Waals surface area contributed by atoms with Gasteiger partial charge in [0.05, 0.1) is 18.2 Å². The Kier molecular flexibility index (Phi) is 4.88. The van der Waals surface area contributed by atoms with E-state index in [1.807, 2.05) is 0 Å². The molecule has 0 aliphatic rings. The smallest absolute Gasteiger partial charge is 0.290 e. The van der Waals surface area contributed by atoms with Gasteiger partial charge in [-0.05, 0) is 23.8 Å². The van der Waals surface area contributed by atoms with Gasteiger partial charge >= 0.3 is 0 Å². The Morgan fingerprint density at radius 1 is 1.19 bits per heavy atom. The van der Waals surface area contributed by atoms with Crippen LogP contribution in [0.25, 0.3) is 11.4 Å². The number of nitrogens with one attached hydrogen (secondary N) is 1. The van der Waals surface area contributed by atoms with E-state index in [9.17, 15) is 14.4 Å². The molecule has 3 aromatic rings. The lowest BCUT2D eigenvalue weighted by atomic mass is 10.0. The minimum atomic E-state index is -1.17. The van der Waals surface area contributed by atoms with Crippen LogP contribution in [0.3, 0.4) is 0 Å². The first-order valence-electron chi connectivity index (χ1n) is 7.56. The van der Waals surface area contributed by atoms with Crippen LogP contribution in [0, 0.1) is 0 Å². The summed E-state index contributed by atoms with van der Waals surface area (Å²) in [6.45, 7) is 0. The fourth-order valence-corrected chi connectivity index (χ4v) is 2.34. The van der Waals surface area contributed by atoms with Crippen molar-refractivity contribution in [1.29, 1.82) is 0 Å². The molecule has 0 spiro atoms. The van der Waals surface area contributed by atoms with Crippen molar-refractivity contribution in [2.45, 2.75) is 12.5 Å². The van der Waals surface area contributed by atoms with Gasteiger partial charge < -0.3 is 19.9 Å². The average molecular weight is 354 g/mol. The summed E-state index contributed by atoms with van der Waals surface area (Å²) in [7, 11) is 0. The van der Waals surface area contributed by atoms with Crippen molar-refractivity contribution in [3.63, 3.8) is 0 Å². The van der Waals surface area contributed by atoms with Crippen LogP contribution in [0.1, 0.15) is 16.1 Å². The first kappa shape index (κ1) is 17.1. The number of oxazole rings is 1. The lowest BCUT2D eigenvalue weighted by Gasteiger charge is -2.14. The van der Waals surface area contributed by atoms with E-state index >= 15 is 0 Å². The number of hydrogen-bond donors (Lipinski definition) is 2. The molecule has 0 fully saturated rings. The summed E-state index contributed by atoms with van der Waals surface area (Å²) in [6, 6.07) is 5.56. The van der Waals surface area contributed by atoms with E-state index in [0.29, 0.717) is 11.3 Å². The van der Waals surface area contributed by atoms with Crippen molar-refractivity contribution >= 4 is 17.6 Å². The summed E-state index contributed by atoms with van der Waals surface area (Å²) < 4.78 is 10.1. The molecule has 2 amide bonds. The highest BCUT2D eigenvalue weighted by atomic mass is 16.3. The monoisotopic (exact) mass is 354 g/mol. The van der Waals surface area contributed by atoms with Crippen LogP contribution in [0.4, 0.5) is 0 Å². The number of Topliss-reactive ketones (excluding diaryl/α,β-unsaturated/α-hetero) is 1. The fraction of sp³-hybridized carbons (Fsp3) is 0.118. The standard InChI is InChI=1S/C17H14N4O5/c18-16(23)14(22)12(7-10-4-6-25-8-10)21-17(24)15-13(20-9-26-15)11-3-1-2-5-19-11/h1-6,8-9,12H,7H2,(H2,18,23)(H,21,24). The summed E-state index contributed by atoms with van der Waals surface area (Å²) in [5, 5.41) is 2.46. The minimum Gasteiger partial charge on any atom is -0.472 e. The number of hydrogen-bond acceptors (Lipinski definition) is 7. The summed E-state index contributed by atoms with van der Waals surface area (Å²) in [6.07, 6.45) is 5.50. The van der Waals surface area contributed by atoms with Crippen molar-refractivity contribution in [3.8, 4) is 11.4 Å². The van der Waals surface area contributed by atoms with Gasteiger partial charge in [-0.3, -0.25) is 19.4 Å². The third-order valence-electron chi connectivity index (χ3n) is 3.57. The average Bonchev–Trinajstić information content (AvgIpc) is 3.32. The van der Waals surface area contributed by atoms with Gasteiger partial charge in [0, 0.05) is 12.6 Å². The summed E-state index contributed by atoms with van der Waals surface area (Å²) >= 11 is 0. The second-order valence-corrected chi connectivity index (χ2v) is 5.34. The number of aromatic nitrogens is 2. The first-order chi connectivity index (χ1) is 12.6. The van der Waals surface area contributed by atoms with Gasteiger partial charge in [0.1, 0.15) is 11.7 Å². The number of rotatable bonds is 7. The van der Waals surface area contributed by atoms with E-state index in [2.05, 4.69) is 15.3 Å². The largest absolute Gasteiger partial charge is 0.472 e. The highest BCUT2D eigenvalue weighted by Gasteiger charge is 2.29. The number of pyridine rings is 1. The highest BCUT2D eigenvalue weighted by Crippen LogP contribution is 2.19. The highest BCUT2D eigenvalue weighted by molar-refractivity contribution is 6.38. The Bertz CT molecular complexity index is 918. The Labute approximate surface area is 147 Å². The molecule has 132 valence electrons. The molecule has 0 aliphatic heterocycles. The maximum Gasteiger partial charge on any atom is 0.290 e. The molecule has 0 aliphatic carbocycles. The number of carbonyl (C=O) groups excluding carboxylic acids is 3. The lowest BCUT2D eigenvalue weighted by molar-refractivity contribution is -0.137. The van der Waals surface area contributed by atoms with Crippen LogP contribution in [-0.2, 0) is 16.0 Å². The molecule has 0 bridgehead atoms. The van der Waals surface area contributed by atoms with Gasteiger partial charge in [0.2, 0.25) is 11.5 Å². The maximum atomic E-state index is 12.6. The number of amides is 2. The van der Waals surface area contributed by atoms with Crippen molar-refractivity contribution in [3.05, 3.63) is 60.7 Å². The molecule has 0 saturated heterocycles. The van der Waals surface area contributed by atoms with Crippen LogP contribution in [0.15, 0.2) is 58.2 Å². The number of carbonyl (C=O) groups is 3. The second kappa shape index (κ2) is 7.43. The lowest BCUT2D eigenvalue weighted by Crippen LogP contribution is -2.47. The first-order valence-corrected chi connectivity index (χ1v) is 7.56. The predicted molar refractivity (Wildman–Crippen MR) is 87.6 cm³/mol. The molecule has 9 nitrogen and oxygen atoms in total. The van der Waals surface area contributed by atoms with E-state index in [1.54, 1.807) is 30.5 Å². The molecule has 26 heavy (non-hydrogen) atoms. The Morgan fingerprint density at radius 2 is 2.04 bits per heavy atom. The van der Waals surface area contributed by atoms with Gasteiger partial charge in [-0.25, -0.2) is 4.98 Å². The van der Waals surface area contributed by atoms with Crippen molar-refractivity contribution in [1.82, 2.24) is 15.3 Å². The fourth-order valence-electron chi connectivity index (χ4n) is 2.34. The second-order valence-electron chi connectivity index (χ2n) is 5.34. The topological polar surface area (TPSA) is 141 Å². The molecule has 1 unspecified atom stereocenters. The van der Waals surface area contributed by atoms with E-state index in [4.69, 9.17) is 14.6 Å². The minimum absolute atomic E-state index is 0.0388. The number of furan rings is 1. The van der Waals surface area contributed by atoms with Crippen molar-refractivity contribution in [2.75, 3.05) is 0 Å². The third-order valence-corrected chi connectivity index (χ3v) is 3.57. The Hall–Kier alpha value is -3.75. The molecule has 0 aromatic carbocycles. The molecule has 9 heteroatoms. The number of nitrogens with two attached hydrogens (primary N) is 1. The number of primary amides is 1. The van der Waals surface area contributed by atoms with Gasteiger partial charge in [-0.2, -0.15) is 0 Å². The molecule has 3 aromatic heterocycles. The van der Waals surface area contributed by atoms with Crippen LogP contribution < -0.4 is 11.1 Å². The van der Waals surface area contributed by atoms with Crippen LogP contribution in [0.2, 0.25) is 0 Å².